The fourth-order valence-corrected chi connectivity index (χ4v) is 3.38. The van der Waals surface area contributed by atoms with Gasteiger partial charge in [0.2, 0.25) is 0 Å². The topological polar surface area (TPSA) is 30.7 Å². The molecule has 20 heavy (non-hydrogen) atoms. The minimum absolute atomic E-state index is 0.466. The molecule has 3 rings (SSSR count). The Morgan fingerprint density at radius 2 is 1.90 bits per heavy atom. The molecule has 1 aromatic carbocycles. The quantitative estimate of drug-likeness (QED) is 0.819. The minimum atomic E-state index is 0.466. The summed E-state index contributed by atoms with van der Waals surface area (Å²) in [6, 6.07) is 10.8. The van der Waals surface area contributed by atoms with Crippen LogP contribution >= 0.6 is 0 Å². The van der Waals surface area contributed by atoms with Crippen molar-refractivity contribution in [2.24, 2.45) is 5.92 Å². The van der Waals surface area contributed by atoms with E-state index in [1.54, 1.807) is 0 Å². The van der Waals surface area contributed by atoms with Gasteiger partial charge in [0.1, 0.15) is 5.69 Å². The second-order valence-corrected chi connectivity index (χ2v) is 5.79. The molecule has 0 amide bonds. The Labute approximate surface area is 121 Å². The molecular formula is C17H23N3. The molecule has 1 aliphatic carbocycles. The van der Waals surface area contributed by atoms with Crippen molar-refractivity contribution in [1.82, 2.24) is 15.0 Å². The third kappa shape index (κ3) is 2.77. The second-order valence-electron chi connectivity index (χ2n) is 5.79. The summed E-state index contributed by atoms with van der Waals surface area (Å²) < 4.78 is 0. The predicted octanol–water partition coefficient (Wildman–Crippen LogP) is 4.48. The first-order chi connectivity index (χ1) is 9.88. The van der Waals surface area contributed by atoms with Gasteiger partial charge in [-0.2, -0.15) is 15.0 Å². The van der Waals surface area contributed by atoms with Gasteiger partial charge >= 0.3 is 0 Å². The summed E-state index contributed by atoms with van der Waals surface area (Å²) in [5.74, 6) is 0.754. The lowest BCUT2D eigenvalue weighted by Gasteiger charge is -2.28. The summed E-state index contributed by atoms with van der Waals surface area (Å²) in [6.45, 7) is 2.25. The van der Waals surface area contributed by atoms with Crippen molar-refractivity contribution in [3.05, 3.63) is 36.5 Å². The molecule has 0 N–H and O–H groups in total. The molecule has 1 heterocycles. The van der Waals surface area contributed by atoms with Gasteiger partial charge < -0.3 is 0 Å². The average molecular weight is 269 g/mol. The largest absolute Gasteiger partial charge is 0.181 e. The number of hydrogen-bond donors (Lipinski definition) is 0. The molecule has 2 aromatic rings. The van der Waals surface area contributed by atoms with Gasteiger partial charge in [0.15, 0.2) is 0 Å². The van der Waals surface area contributed by atoms with Gasteiger partial charge in [-0.15, -0.1) is 0 Å². The van der Waals surface area contributed by atoms with Crippen molar-refractivity contribution in [2.45, 2.75) is 51.5 Å². The summed E-state index contributed by atoms with van der Waals surface area (Å²) in [5.41, 5.74) is 2.14. The first-order valence-corrected chi connectivity index (χ1v) is 7.85. The highest BCUT2D eigenvalue weighted by molar-refractivity contribution is 5.56. The highest BCUT2D eigenvalue weighted by Gasteiger charge is 2.25. The van der Waals surface area contributed by atoms with Crippen LogP contribution in [-0.2, 0) is 0 Å². The third-order valence-electron chi connectivity index (χ3n) is 4.49. The SMILES string of the molecule is CCC(C1CCCCC1)n1ncc(-c2ccccc2)n1. The molecule has 1 aromatic heterocycles. The van der Waals surface area contributed by atoms with Gasteiger partial charge in [-0.3, -0.25) is 0 Å². The Hall–Kier alpha value is -1.64. The number of rotatable bonds is 4. The first kappa shape index (κ1) is 13.3. The van der Waals surface area contributed by atoms with Crippen LogP contribution in [0.4, 0.5) is 0 Å². The van der Waals surface area contributed by atoms with Crippen LogP contribution in [0.2, 0.25) is 0 Å². The second kappa shape index (κ2) is 6.21. The molecule has 0 aliphatic heterocycles. The van der Waals surface area contributed by atoms with E-state index >= 15 is 0 Å². The molecule has 0 radical (unpaired) electrons. The zero-order valence-electron chi connectivity index (χ0n) is 12.2. The molecule has 1 fully saturated rings. The zero-order valence-corrected chi connectivity index (χ0v) is 12.2. The lowest BCUT2D eigenvalue weighted by Crippen LogP contribution is -2.23. The minimum Gasteiger partial charge on any atom is -0.181 e. The summed E-state index contributed by atoms with van der Waals surface area (Å²) in [5, 5.41) is 9.28. The molecule has 1 saturated carbocycles. The summed E-state index contributed by atoms with van der Waals surface area (Å²) in [6.07, 6.45) is 9.83. The van der Waals surface area contributed by atoms with Crippen molar-refractivity contribution >= 4 is 0 Å². The van der Waals surface area contributed by atoms with Gasteiger partial charge in [-0.1, -0.05) is 56.5 Å². The Morgan fingerprint density at radius 1 is 1.15 bits per heavy atom. The van der Waals surface area contributed by atoms with E-state index in [1.165, 1.54) is 32.1 Å². The van der Waals surface area contributed by atoms with E-state index in [2.05, 4.69) is 24.2 Å². The Balaban J connectivity index is 1.80. The lowest BCUT2D eigenvalue weighted by atomic mass is 9.83. The van der Waals surface area contributed by atoms with Gasteiger partial charge in [-0.25, -0.2) is 0 Å². The van der Waals surface area contributed by atoms with E-state index in [1.807, 2.05) is 29.2 Å². The number of nitrogens with zero attached hydrogens (tertiary/aromatic N) is 3. The molecular weight excluding hydrogens is 246 g/mol. The molecule has 1 aliphatic rings. The maximum absolute atomic E-state index is 4.73. The predicted molar refractivity (Wildman–Crippen MR) is 81.4 cm³/mol. The van der Waals surface area contributed by atoms with Crippen LogP contribution in [0.3, 0.4) is 0 Å². The molecule has 0 saturated heterocycles. The van der Waals surface area contributed by atoms with Crippen LogP contribution in [0.15, 0.2) is 36.5 Å². The number of hydrogen-bond acceptors (Lipinski definition) is 2. The molecule has 0 bridgehead atoms. The zero-order chi connectivity index (χ0) is 13.8. The van der Waals surface area contributed by atoms with E-state index < -0.39 is 0 Å². The molecule has 1 atom stereocenters. The van der Waals surface area contributed by atoms with Crippen LogP contribution in [0.25, 0.3) is 11.3 Å². The summed E-state index contributed by atoms with van der Waals surface area (Å²) in [4.78, 5) is 1.97. The maximum Gasteiger partial charge on any atom is 0.113 e. The molecule has 3 heteroatoms. The Kier molecular flexibility index (Phi) is 4.14. The van der Waals surface area contributed by atoms with Crippen molar-refractivity contribution in [1.29, 1.82) is 0 Å². The normalized spacial score (nSPS) is 18.1. The van der Waals surface area contributed by atoms with Crippen LogP contribution < -0.4 is 0 Å². The first-order valence-electron chi connectivity index (χ1n) is 7.85. The van der Waals surface area contributed by atoms with Crippen LogP contribution in [0.5, 0.6) is 0 Å². The Morgan fingerprint density at radius 3 is 2.60 bits per heavy atom. The smallest absolute Gasteiger partial charge is 0.113 e. The Bertz CT molecular complexity index is 526. The fraction of sp³-hybridized carbons (Fsp3) is 0.529. The standard InChI is InChI=1S/C17H23N3/c1-2-17(15-11-7-4-8-12-15)20-18-13-16(19-20)14-9-5-3-6-10-14/h3,5-6,9-10,13,15,17H,2,4,7-8,11-12H2,1H3. The molecule has 1 unspecified atom stereocenters. The average Bonchev–Trinajstić information content (AvgIpc) is 3.00. The van der Waals surface area contributed by atoms with Gasteiger partial charge in [0.05, 0.1) is 12.2 Å². The monoisotopic (exact) mass is 269 g/mol. The maximum atomic E-state index is 4.73. The van der Waals surface area contributed by atoms with E-state index in [0.717, 1.165) is 23.6 Å². The van der Waals surface area contributed by atoms with Crippen LogP contribution in [0.1, 0.15) is 51.5 Å². The lowest BCUT2D eigenvalue weighted by molar-refractivity contribution is 0.212. The summed E-state index contributed by atoms with van der Waals surface area (Å²) in [7, 11) is 0. The van der Waals surface area contributed by atoms with Gasteiger partial charge in [-0.05, 0) is 25.2 Å². The fourth-order valence-electron chi connectivity index (χ4n) is 3.38. The van der Waals surface area contributed by atoms with E-state index in [9.17, 15) is 0 Å². The highest BCUT2D eigenvalue weighted by Crippen LogP contribution is 2.34. The van der Waals surface area contributed by atoms with E-state index in [4.69, 9.17) is 5.10 Å². The van der Waals surface area contributed by atoms with E-state index in [0.29, 0.717) is 6.04 Å². The van der Waals surface area contributed by atoms with Crippen LogP contribution in [0, 0.1) is 5.92 Å². The van der Waals surface area contributed by atoms with Crippen LogP contribution in [-0.4, -0.2) is 15.0 Å². The highest BCUT2D eigenvalue weighted by atomic mass is 15.5. The van der Waals surface area contributed by atoms with Gasteiger partial charge in [0, 0.05) is 5.56 Å². The van der Waals surface area contributed by atoms with Crippen molar-refractivity contribution in [2.75, 3.05) is 0 Å². The summed E-state index contributed by atoms with van der Waals surface area (Å²) >= 11 is 0. The molecule has 3 nitrogen and oxygen atoms in total. The third-order valence-corrected chi connectivity index (χ3v) is 4.49. The molecule has 0 spiro atoms. The number of aromatic nitrogens is 3. The van der Waals surface area contributed by atoms with E-state index in [-0.39, 0.29) is 0 Å². The van der Waals surface area contributed by atoms with Crippen molar-refractivity contribution in [3.63, 3.8) is 0 Å². The number of benzene rings is 1. The van der Waals surface area contributed by atoms with Gasteiger partial charge in [0.25, 0.3) is 0 Å². The van der Waals surface area contributed by atoms with Crippen molar-refractivity contribution in [3.8, 4) is 11.3 Å². The molecule has 106 valence electrons. The van der Waals surface area contributed by atoms with Crippen molar-refractivity contribution < 1.29 is 0 Å².